The summed E-state index contributed by atoms with van der Waals surface area (Å²) in [5.41, 5.74) is 4.84. The molecule has 1 fully saturated rings. The molecule has 2 rings (SSSR count). The van der Waals surface area contributed by atoms with E-state index in [1.165, 1.54) is 37.7 Å². The van der Waals surface area contributed by atoms with Crippen molar-refractivity contribution in [2.24, 2.45) is 11.8 Å². The van der Waals surface area contributed by atoms with Crippen LogP contribution in [0.15, 0.2) is 30.3 Å². The van der Waals surface area contributed by atoms with Gasteiger partial charge in [0.05, 0.1) is 0 Å². The van der Waals surface area contributed by atoms with Crippen LogP contribution >= 0.6 is 0 Å². The van der Waals surface area contributed by atoms with E-state index in [0.717, 1.165) is 0 Å². The van der Waals surface area contributed by atoms with E-state index in [0.29, 0.717) is 12.0 Å². The molecular formula is C16H26N2. The lowest BCUT2D eigenvalue weighted by molar-refractivity contribution is 0.223. The highest BCUT2D eigenvalue weighted by Gasteiger charge is 2.43. The highest BCUT2D eigenvalue weighted by Crippen LogP contribution is 2.45. The van der Waals surface area contributed by atoms with Crippen LogP contribution in [0.25, 0.3) is 0 Å². The van der Waals surface area contributed by atoms with E-state index in [1.807, 2.05) is 0 Å². The van der Waals surface area contributed by atoms with Crippen LogP contribution in [0.4, 0.5) is 0 Å². The van der Waals surface area contributed by atoms with Gasteiger partial charge < -0.3 is 0 Å². The molecule has 0 radical (unpaired) electrons. The van der Waals surface area contributed by atoms with E-state index >= 15 is 0 Å². The zero-order valence-electron chi connectivity index (χ0n) is 11.7. The summed E-state index contributed by atoms with van der Waals surface area (Å²) in [7, 11) is 0. The predicted octanol–water partition coefficient (Wildman–Crippen LogP) is 3.38. The molecule has 18 heavy (non-hydrogen) atoms. The van der Waals surface area contributed by atoms with Crippen LogP contribution in [0.2, 0.25) is 0 Å². The fraction of sp³-hybridized carbons (Fsp3) is 0.625. The van der Waals surface area contributed by atoms with Crippen LogP contribution in [-0.2, 0) is 5.41 Å². The summed E-state index contributed by atoms with van der Waals surface area (Å²) in [4.78, 5) is 0. The summed E-state index contributed by atoms with van der Waals surface area (Å²) in [6, 6.07) is 11.3. The maximum absolute atomic E-state index is 5.90. The molecular weight excluding hydrogens is 220 g/mol. The molecule has 0 saturated heterocycles. The van der Waals surface area contributed by atoms with Crippen molar-refractivity contribution < 1.29 is 0 Å². The third kappa shape index (κ3) is 2.32. The van der Waals surface area contributed by atoms with E-state index in [4.69, 9.17) is 5.84 Å². The summed E-state index contributed by atoms with van der Waals surface area (Å²) >= 11 is 0. The van der Waals surface area contributed by atoms with Crippen LogP contribution in [0.3, 0.4) is 0 Å². The second kappa shape index (κ2) is 5.85. The fourth-order valence-corrected chi connectivity index (χ4v) is 3.66. The van der Waals surface area contributed by atoms with Crippen molar-refractivity contribution in [3.63, 3.8) is 0 Å². The maximum Gasteiger partial charge on any atom is 0.0332 e. The van der Waals surface area contributed by atoms with Crippen LogP contribution in [0, 0.1) is 5.92 Å². The molecule has 3 N–H and O–H groups in total. The highest BCUT2D eigenvalue weighted by molar-refractivity contribution is 5.29. The van der Waals surface area contributed by atoms with Crippen LogP contribution in [-0.4, -0.2) is 6.04 Å². The quantitative estimate of drug-likeness (QED) is 0.617. The molecule has 0 spiro atoms. The predicted molar refractivity (Wildman–Crippen MR) is 77.2 cm³/mol. The Morgan fingerprint density at radius 1 is 1.22 bits per heavy atom. The zero-order valence-corrected chi connectivity index (χ0v) is 11.7. The van der Waals surface area contributed by atoms with Gasteiger partial charge in [0, 0.05) is 11.5 Å². The smallest absolute Gasteiger partial charge is 0.0332 e. The Morgan fingerprint density at radius 3 is 2.33 bits per heavy atom. The zero-order chi connectivity index (χ0) is 13.0. The van der Waals surface area contributed by atoms with Crippen molar-refractivity contribution >= 4 is 0 Å². The number of hydrogen-bond acceptors (Lipinski definition) is 2. The lowest BCUT2D eigenvalue weighted by Crippen LogP contribution is -2.53. The van der Waals surface area contributed by atoms with E-state index < -0.39 is 0 Å². The molecule has 100 valence electrons. The molecule has 0 aliphatic heterocycles. The van der Waals surface area contributed by atoms with E-state index in [2.05, 4.69) is 49.6 Å². The van der Waals surface area contributed by atoms with Crippen LogP contribution < -0.4 is 11.3 Å². The lowest BCUT2D eigenvalue weighted by Gasteiger charge is -2.41. The Balaban J connectivity index is 2.37. The number of hydrazine groups is 1. The molecule has 1 aliphatic carbocycles. The summed E-state index contributed by atoms with van der Waals surface area (Å²) in [6.07, 6.45) is 6.34. The Bertz CT molecular complexity index is 355. The van der Waals surface area contributed by atoms with Crippen molar-refractivity contribution in [1.82, 2.24) is 5.43 Å². The summed E-state index contributed by atoms with van der Waals surface area (Å²) in [6.45, 7) is 4.57. The highest BCUT2D eigenvalue weighted by atomic mass is 15.2. The average molecular weight is 246 g/mol. The fourth-order valence-electron chi connectivity index (χ4n) is 3.66. The molecule has 2 unspecified atom stereocenters. The molecule has 0 heterocycles. The van der Waals surface area contributed by atoms with Crippen LogP contribution in [0.5, 0.6) is 0 Å². The number of hydrogen-bond donors (Lipinski definition) is 2. The second-order valence-corrected chi connectivity index (χ2v) is 5.76. The van der Waals surface area contributed by atoms with Gasteiger partial charge in [0.2, 0.25) is 0 Å². The van der Waals surface area contributed by atoms with Gasteiger partial charge in [-0.05, 0) is 24.3 Å². The lowest BCUT2D eigenvalue weighted by atomic mass is 9.68. The van der Waals surface area contributed by atoms with Gasteiger partial charge in [0.25, 0.3) is 0 Å². The first-order valence-corrected chi connectivity index (χ1v) is 7.26. The Kier molecular flexibility index (Phi) is 4.41. The van der Waals surface area contributed by atoms with Gasteiger partial charge in [0.1, 0.15) is 0 Å². The van der Waals surface area contributed by atoms with E-state index in [-0.39, 0.29) is 5.41 Å². The molecule has 0 amide bonds. The van der Waals surface area contributed by atoms with Crippen molar-refractivity contribution in [2.75, 3.05) is 0 Å². The molecule has 1 aromatic carbocycles. The van der Waals surface area contributed by atoms with Gasteiger partial charge in [-0.15, -0.1) is 0 Å². The monoisotopic (exact) mass is 246 g/mol. The number of nitrogens with two attached hydrogens (primary N) is 1. The number of nitrogens with one attached hydrogen (secondary N) is 1. The Hall–Kier alpha value is -0.860. The molecule has 1 saturated carbocycles. The Morgan fingerprint density at radius 2 is 1.83 bits per heavy atom. The molecule has 2 heteroatoms. The summed E-state index contributed by atoms with van der Waals surface area (Å²) < 4.78 is 0. The largest absolute Gasteiger partial charge is 0.271 e. The first-order chi connectivity index (χ1) is 8.74. The molecule has 1 aliphatic rings. The normalized spacial score (nSPS) is 21.7. The van der Waals surface area contributed by atoms with Crippen molar-refractivity contribution in [2.45, 2.75) is 57.4 Å². The summed E-state index contributed by atoms with van der Waals surface area (Å²) in [5.74, 6) is 6.51. The van der Waals surface area contributed by atoms with Gasteiger partial charge in [-0.2, -0.15) is 0 Å². The van der Waals surface area contributed by atoms with E-state index in [1.54, 1.807) is 0 Å². The van der Waals surface area contributed by atoms with Crippen LogP contribution in [0.1, 0.15) is 51.5 Å². The van der Waals surface area contributed by atoms with Gasteiger partial charge in [-0.3, -0.25) is 11.3 Å². The number of rotatable bonds is 5. The second-order valence-electron chi connectivity index (χ2n) is 5.76. The molecule has 2 atom stereocenters. The molecule has 0 aromatic heterocycles. The van der Waals surface area contributed by atoms with Crippen molar-refractivity contribution in [3.8, 4) is 0 Å². The third-order valence-electron chi connectivity index (χ3n) is 4.83. The minimum Gasteiger partial charge on any atom is -0.271 e. The Labute approximate surface area is 111 Å². The maximum atomic E-state index is 5.90. The minimum atomic E-state index is 0.242. The average Bonchev–Trinajstić information content (AvgIpc) is 2.91. The van der Waals surface area contributed by atoms with Gasteiger partial charge in [-0.25, -0.2) is 0 Å². The standard InChI is InChI=1S/C16H26N2/c1-3-13(2)15(18-17)16(11-7-8-12-16)14-9-5-4-6-10-14/h4-6,9-10,13,15,18H,3,7-8,11-12,17H2,1-2H3. The van der Waals surface area contributed by atoms with E-state index in [9.17, 15) is 0 Å². The SMILES string of the molecule is CCC(C)C(NN)C1(c2ccccc2)CCCC1. The van der Waals surface area contributed by atoms with Crippen molar-refractivity contribution in [3.05, 3.63) is 35.9 Å². The van der Waals surface area contributed by atoms with Gasteiger partial charge in [0.15, 0.2) is 0 Å². The summed E-state index contributed by atoms with van der Waals surface area (Å²) in [5, 5.41) is 0. The molecule has 1 aromatic rings. The first kappa shape index (κ1) is 13.6. The van der Waals surface area contributed by atoms with Gasteiger partial charge >= 0.3 is 0 Å². The topological polar surface area (TPSA) is 38.0 Å². The number of benzene rings is 1. The minimum absolute atomic E-state index is 0.242. The van der Waals surface area contributed by atoms with Gasteiger partial charge in [-0.1, -0.05) is 63.4 Å². The first-order valence-electron chi connectivity index (χ1n) is 7.26. The molecule has 2 nitrogen and oxygen atoms in total. The third-order valence-corrected chi connectivity index (χ3v) is 4.83. The van der Waals surface area contributed by atoms with Crippen molar-refractivity contribution in [1.29, 1.82) is 0 Å². The molecule has 0 bridgehead atoms.